The molecule has 0 saturated heterocycles. The molecule has 0 bridgehead atoms. The highest BCUT2D eigenvalue weighted by Gasteiger charge is 2.67. The molecule has 5 rings (SSSR count). The number of fused-ring (bicyclic) bond motifs is 1. The molecule has 0 aliphatic heterocycles. The maximum absolute atomic E-state index is 14.0. The third-order valence-corrected chi connectivity index (χ3v) is 10.0. The van der Waals surface area contributed by atoms with Crippen LogP contribution in [0.15, 0.2) is 78.1 Å². The van der Waals surface area contributed by atoms with Gasteiger partial charge in [-0.1, -0.05) is 23.8 Å². The number of halogens is 3. The van der Waals surface area contributed by atoms with Gasteiger partial charge in [0.25, 0.3) is 10.0 Å². The number of carbonyl (C=O) groups is 1. The number of hydrogen-bond donors (Lipinski definition) is 1. The summed E-state index contributed by atoms with van der Waals surface area (Å²) in [5, 5.41) is 7.66. The van der Waals surface area contributed by atoms with E-state index in [9.17, 15) is 26.4 Å². The topological polar surface area (TPSA) is 97.2 Å². The summed E-state index contributed by atoms with van der Waals surface area (Å²) in [6.45, 7) is 2.11. The van der Waals surface area contributed by atoms with Crippen molar-refractivity contribution in [2.45, 2.75) is 55.6 Å². The lowest BCUT2D eigenvalue weighted by Gasteiger charge is -2.30. The summed E-state index contributed by atoms with van der Waals surface area (Å²) in [6, 6.07) is 14.9. The third kappa shape index (κ3) is 6.30. The second-order valence-corrected chi connectivity index (χ2v) is 13.3. The van der Waals surface area contributed by atoms with E-state index in [0.29, 0.717) is 22.9 Å². The van der Waals surface area contributed by atoms with Crippen molar-refractivity contribution in [2.75, 3.05) is 20.6 Å². The zero-order chi connectivity index (χ0) is 31.0. The van der Waals surface area contributed by atoms with Gasteiger partial charge in [0.1, 0.15) is 0 Å². The van der Waals surface area contributed by atoms with Crippen molar-refractivity contribution in [1.29, 1.82) is 0 Å². The molecule has 12 heteroatoms. The van der Waals surface area contributed by atoms with Crippen molar-refractivity contribution in [1.82, 2.24) is 24.4 Å². The van der Waals surface area contributed by atoms with Gasteiger partial charge < -0.3 is 10.2 Å². The molecular weight excluding hydrogens is 579 g/mol. The first-order valence-corrected chi connectivity index (χ1v) is 15.4. The first-order valence-electron chi connectivity index (χ1n) is 14.0. The van der Waals surface area contributed by atoms with Crippen LogP contribution in [0, 0.1) is 12.3 Å². The number of likely N-dealkylation sites (N-methyl/N-ethyl adjacent to an activating group) is 1. The average molecular weight is 614 g/mol. The van der Waals surface area contributed by atoms with E-state index in [0.717, 1.165) is 15.2 Å². The van der Waals surface area contributed by atoms with E-state index < -0.39 is 33.4 Å². The summed E-state index contributed by atoms with van der Waals surface area (Å²) in [7, 11) is -0.146. The Kier molecular flexibility index (Phi) is 8.36. The summed E-state index contributed by atoms with van der Waals surface area (Å²) >= 11 is 0. The van der Waals surface area contributed by atoms with E-state index in [1.807, 2.05) is 38.1 Å². The molecule has 1 amide bonds. The van der Waals surface area contributed by atoms with Crippen molar-refractivity contribution in [3.63, 3.8) is 0 Å². The Balaban J connectivity index is 1.28. The van der Waals surface area contributed by atoms with E-state index in [2.05, 4.69) is 15.4 Å². The molecule has 1 unspecified atom stereocenters. The Morgan fingerprint density at radius 2 is 1.74 bits per heavy atom. The summed E-state index contributed by atoms with van der Waals surface area (Å²) in [5.41, 5.74) is 0.861. The van der Waals surface area contributed by atoms with Gasteiger partial charge in [0.05, 0.1) is 22.0 Å². The van der Waals surface area contributed by atoms with Gasteiger partial charge >= 0.3 is 6.18 Å². The van der Waals surface area contributed by atoms with Crippen LogP contribution in [0.2, 0.25) is 0 Å². The van der Waals surface area contributed by atoms with Crippen LogP contribution in [0.3, 0.4) is 0 Å². The van der Waals surface area contributed by atoms with Crippen LogP contribution in [0.5, 0.6) is 0 Å². The average Bonchev–Trinajstić information content (AvgIpc) is 3.67. The lowest BCUT2D eigenvalue weighted by atomic mass is 9.80. The normalized spacial score (nSPS) is 16.3. The SMILES string of the molecule is Cc1ccc(S(=O)(=O)n2ncc3cc(C[C@@H](CNC(=O)CC(c4ccncc4)C4(C(F)(F)F)CC4)N(C)C)ccc32)cc1. The number of pyridine rings is 1. The fourth-order valence-electron chi connectivity index (χ4n) is 5.58. The predicted octanol–water partition coefficient (Wildman–Crippen LogP) is 5.08. The second kappa shape index (κ2) is 11.7. The first-order chi connectivity index (χ1) is 20.3. The molecular formula is C31H34F3N5O3S. The second-order valence-electron chi connectivity index (χ2n) is 11.5. The minimum atomic E-state index is -4.40. The van der Waals surface area contributed by atoms with E-state index in [1.54, 1.807) is 42.5 Å². The Bertz CT molecular complexity index is 1700. The summed E-state index contributed by atoms with van der Waals surface area (Å²) < 4.78 is 69.5. The van der Waals surface area contributed by atoms with E-state index >= 15 is 0 Å². The maximum atomic E-state index is 14.0. The number of hydrogen-bond acceptors (Lipinski definition) is 6. The highest BCUT2D eigenvalue weighted by Crippen LogP contribution is 2.66. The van der Waals surface area contributed by atoms with Gasteiger partial charge in [-0.05, 0) is 87.8 Å². The number of aromatic nitrogens is 3. The molecule has 0 radical (unpaired) electrons. The minimum absolute atomic E-state index is 0.00245. The molecule has 1 aliphatic carbocycles. The molecule has 2 atom stereocenters. The number of nitrogens with one attached hydrogen (secondary N) is 1. The lowest BCUT2D eigenvalue weighted by Crippen LogP contribution is -2.42. The third-order valence-electron chi connectivity index (χ3n) is 8.40. The van der Waals surface area contributed by atoms with Crippen LogP contribution in [0.4, 0.5) is 13.2 Å². The van der Waals surface area contributed by atoms with Gasteiger partial charge in [-0.25, -0.2) is 0 Å². The van der Waals surface area contributed by atoms with Gasteiger partial charge in [-0.3, -0.25) is 9.78 Å². The molecule has 1 aliphatic rings. The molecule has 2 heterocycles. The van der Waals surface area contributed by atoms with Gasteiger partial charge in [0.15, 0.2) is 0 Å². The summed E-state index contributed by atoms with van der Waals surface area (Å²) in [6.07, 6.45) is 0.249. The van der Waals surface area contributed by atoms with Gasteiger partial charge in [-0.2, -0.15) is 30.8 Å². The highest BCUT2D eigenvalue weighted by molar-refractivity contribution is 7.90. The number of nitrogens with zero attached hydrogens (tertiary/aromatic N) is 4. The molecule has 1 N–H and O–H groups in total. The monoisotopic (exact) mass is 613 g/mol. The zero-order valence-electron chi connectivity index (χ0n) is 24.2. The molecule has 1 saturated carbocycles. The minimum Gasteiger partial charge on any atom is -0.355 e. The first kappa shape index (κ1) is 30.7. The molecule has 1 fully saturated rings. The fraction of sp³-hybridized carbons (Fsp3) is 0.387. The van der Waals surface area contributed by atoms with Crippen molar-refractivity contribution in [3.05, 3.63) is 89.9 Å². The summed E-state index contributed by atoms with van der Waals surface area (Å²) in [4.78, 5) is 19.0. The standard InChI is InChI=1S/C31H34F3N5O3S/c1-21-4-7-26(8-5-21)43(41,42)39-28-9-6-22(16-24(28)19-37-39)17-25(38(2)3)20-36-29(40)18-27(23-10-14-35-15-11-23)30(12-13-30)31(32,33)34/h4-11,14-16,19,25,27H,12-13,17-18,20H2,1-3H3,(H,36,40)/t25-,27?/m0/s1. The largest absolute Gasteiger partial charge is 0.395 e. The highest BCUT2D eigenvalue weighted by atomic mass is 32.2. The molecule has 0 spiro atoms. The number of benzene rings is 2. The number of aryl methyl sites for hydroxylation is 1. The van der Waals surface area contributed by atoms with Crippen LogP contribution < -0.4 is 5.32 Å². The van der Waals surface area contributed by atoms with E-state index in [1.165, 1.54) is 18.6 Å². The molecule has 2 aromatic carbocycles. The van der Waals surface area contributed by atoms with Gasteiger partial charge in [0.2, 0.25) is 5.91 Å². The van der Waals surface area contributed by atoms with Crippen LogP contribution in [-0.2, 0) is 21.2 Å². The van der Waals surface area contributed by atoms with Crippen molar-refractivity contribution in [3.8, 4) is 0 Å². The Hall–Kier alpha value is -3.77. The van der Waals surface area contributed by atoms with E-state index in [-0.39, 0.29) is 36.7 Å². The lowest BCUT2D eigenvalue weighted by molar-refractivity contribution is -0.194. The van der Waals surface area contributed by atoms with Crippen LogP contribution in [0.1, 0.15) is 41.9 Å². The van der Waals surface area contributed by atoms with Crippen LogP contribution in [-0.4, -0.2) is 66.3 Å². The number of rotatable bonds is 11. The molecule has 2 aromatic heterocycles. The molecule has 43 heavy (non-hydrogen) atoms. The zero-order valence-corrected chi connectivity index (χ0v) is 25.0. The Labute approximate surface area is 249 Å². The fourth-order valence-corrected chi connectivity index (χ4v) is 6.85. The number of alkyl halides is 3. The van der Waals surface area contributed by atoms with E-state index in [4.69, 9.17) is 0 Å². The molecule has 228 valence electrons. The van der Waals surface area contributed by atoms with Crippen LogP contribution in [0.25, 0.3) is 10.9 Å². The van der Waals surface area contributed by atoms with Gasteiger partial charge in [0, 0.05) is 42.7 Å². The number of carbonyl (C=O) groups excluding carboxylic acids is 1. The van der Waals surface area contributed by atoms with Crippen molar-refractivity contribution < 1.29 is 26.4 Å². The predicted molar refractivity (Wildman–Crippen MR) is 157 cm³/mol. The molecule has 4 aromatic rings. The van der Waals surface area contributed by atoms with Crippen molar-refractivity contribution in [2.24, 2.45) is 5.41 Å². The smallest absolute Gasteiger partial charge is 0.355 e. The van der Waals surface area contributed by atoms with Crippen molar-refractivity contribution >= 4 is 26.8 Å². The number of amides is 1. The maximum Gasteiger partial charge on any atom is 0.395 e. The van der Waals surface area contributed by atoms with Crippen LogP contribution >= 0.6 is 0 Å². The Morgan fingerprint density at radius 1 is 1.07 bits per heavy atom. The van der Waals surface area contributed by atoms with Gasteiger partial charge in [-0.15, -0.1) is 0 Å². The molecule has 8 nitrogen and oxygen atoms in total. The quantitative estimate of drug-likeness (QED) is 0.254. The summed E-state index contributed by atoms with van der Waals surface area (Å²) in [5.74, 6) is -1.43. The Morgan fingerprint density at radius 3 is 2.35 bits per heavy atom.